The molecule has 1 atom stereocenters. The zero-order valence-corrected chi connectivity index (χ0v) is 13.8. The summed E-state index contributed by atoms with van der Waals surface area (Å²) in [5.41, 5.74) is 10.6. The van der Waals surface area contributed by atoms with Crippen LogP contribution in [0.3, 0.4) is 0 Å². The van der Waals surface area contributed by atoms with Crippen molar-refractivity contribution in [3.05, 3.63) is 41.6 Å². The van der Waals surface area contributed by atoms with Crippen LogP contribution in [0.25, 0.3) is 10.9 Å². The van der Waals surface area contributed by atoms with Gasteiger partial charge in [0.1, 0.15) is 7.28 Å². The number of H-pyrrole nitrogens is 1. The number of nitrogens with one attached hydrogen (secondary N) is 1. The summed E-state index contributed by atoms with van der Waals surface area (Å²) in [6.07, 6.45) is 3.43. The molecule has 2 aromatic rings. The van der Waals surface area contributed by atoms with Crippen LogP contribution in [0.15, 0.2) is 35.9 Å². The van der Waals surface area contributed by atoms with Gasteiger partial charge in [-0.15, -0.1) is 0 Å². The van der Waals surface area contributed by atoms with Gasteiger partial charge in [-0.25, -0.2) is 0 Å². The molecule has 3 heteroatoms. The number of rotatable bonds is 5. The number of benzene rings is 1. The Hall–Kier alpha value is -1.64. The van der Waals surface area contributed by atoms with Gasteiger partial charge in [0.05, 0.1) is 0 Å². The zero-order chi connectivity index (χ0) is 15.6. The minimum absolute atomic E-state index is 0.103. The summed E-state index contributed by atoms with van der Waals surface area (Å²) in [6.45, 7) is 11.2. The largest absolute Gasteiger partial charge is 0.399 e. The minimum Gasteiger partial charge on any atom is -0.399 e. The van der Waals surface area contributed by atoms with Crippen LogP contribution >= 0.6 is 0 Å². The standard InChI is InChI=1S/C18H26BN2/c1-6-7-15(18(3,4)19-5)12(2)17-11-13-10-14(20)8-9-16(13)21-17/h7-12,21H,6,20H2,1-5H3. The van der Waals surface area contributed by atoms with E-state index in [1.807, 2.05) is 12.1 Å². The van der Waals surface area contributed by atoms with Gasteiger partial charge in [-0.1, -0.05) is 46.2 Å². The first-order valence-corrected chi connectivity index (χ1v) is 7.78. The van der Waals surface area contributed by atoms with Gasteiger partial charge in [0.25, 0.3) is 0 Å². The van der Waals surface area contributed by atoms with Crippen molar-refractivity contribution in [2.75, 3.05) is 5.73 Å². The van der Waals surface area contributed by atoms with E-state index in [0.717, 1.165) is 17.6 Å². The van der Waals surface area contributed by atoms with Crippen LogP contribution in [-0.4, -0.2) is 12.3 Å². The van der Waals surface area contributed by atoms with Crippen LogP contribution < -0.4 is 5.73 Å². The summed E-state index contributed by atoms with van der Waals surface area (Å²) in [5.74, 6) is 0.366. The van der Waals surface area contributed by atoms with Crippen molar-refractivity contribution in [1.82, 2.24) is 4.98 Å². The van der Waals surface area contributed by atoms with Crippen molar-refractivity contribution < 1.29 is 0 Å². The molecule has 1 aromatic heterocycles. The van der Waals surface area contributed by atoms with E-state index in [1.54, 1.807) is 0 Å². The van der Waals surface area contributed by atoms with Crippen molar-refractivity contribution in [3.8, 4) is 0 Å². The number of aromatic amines is 1. The molecule has 1 radical (unpaired) electrons. The normalized spacial score (nSPS) is 14.4. The van der Waals surface area contributed by atoms with Gasteiger partial charge in [0, 0.05) is 28.2 Å². The van der Waals surface area contributed by atoms with E-state index in [1.165, 1.54) is 16.7 Å². The summed E-state index contributed by atoms with van der Waals surface area (Å²) >= 11 is 0. The second-order valence-electron chi connectivity index (χ2n) is 6.37. The molecule has 0 bridgehead atoms. The van der Waals surface area contributed by atoms with Crippen LogP contribution in [0.1, 0.15) is 45.7 Å². The topological polar surface area (TPSA) is 41.8 Å². The van der Waals surface area contributed by atoms with Crippen LogP contribution in [0.5, 0.6) is 0 Å². The maximum atomic E-state index is 5.88. The zero-order valence-electron chi connectivity index (χ0n) is 13.8. The molecule has 0 spiro atoms. The fourth-order valence-corrected chi connectivity index (χ4v) is 2.96. The van der Waals surface area contributed by atoms with Gasteiger partial charge in [0.2, 0.25) is 0 Å². The maximum absolute atomic E-state index is 5.88. The van der Waals surface area contributed by atoms with E-state index in [2.05, 4.69) is 65.0 Å². The van der Waals surface area contributed by atoms with E-state index in [9.17, 15) is 0 Å². The summed E-state index contributed by atoms with van der Waals surface area (Å²) in [6, 6.07) is 8.26. The number of nitrogens with two attached hydrogens (primary N) is 1. The first-order chi connectivity index (χ1) is 9.89. The lowest BCUT2D eigenvalue weighted by Gasteiger charge is -2.31. The Labute approximate surface area is 129 Å². The Morgan fingerprint density at radius 1 is 1.38 bits per heavy atom. The maximum Gasteiger partial charge on any atom is 0.119 e. The van der Waals surface area contributed by atoms with Gasteiger partial charge in [0.15, 0.2) is 0 Å². The Morgan fingerprint density at radius 2 is 2.10 bits per heavy atom. The number of hydrogen-bond donors (Lipinski definition) is 2. The van der Waals surface area contributed by atoms with E-state index in [-0.39, 0.29) is 5.31 Å². The predicted octanol–water partition coefficient (Wildman–Crippen LogP) is 5.14. The van der Waals surface area contributed by atoms with E-state index >= 15 is 0 Å². The van der Waals surface area contributed by atoms with E-state index in [4.69, 9.17) is 5.73 Å². The average molecular weight is 281 g/mol. The monoisotopic (exact) mass is 281 g/mol. The van der Waals surface area contributed by atoms with Crippen molar-refractivity contribution in [3.63, 3.8) is 0 Å². The highest BCUT2D eigenvalue weighted by Crippen LogP contribution is 2.42. The van der Waals surface area contributed by atoms with Crippen molar-refractivity contribution in [2.24, 2.45) is 0 Å². The van der Waals surface area contributed by atoms with E-state index in [0.29, 0.717) is 5.92 Å². The lowest BCUT2D eigenvalue weighted by atomic mass is 9.51. The fraction of sp³-hybridized carbons (Fsp3) is 0.444. The third kappa shape index (κ3) is 3.17. The van der Waals surface area contributed by atoms with Crippen molar-refractivity contribution >= 4 is 23.9 Å². The molecule has 2 nitrogen and oxygen atoms in total. The summed E-state index contributed by atoms with van der Waals surface area (Å²) < 4.78 is 0. The molecule has 0 saturated heterocycles. The number of anilines is 1. The molecule has 0 aliphatic rings. The third-order valence-corrected chi connectivity index (χ3v) is 4.49. The SMILES string of the molecule is C[B]C(C)(C)C(=CCC)C(C)c1cc2cc(N)ccc2[nH]1. The summed E-state index contributed by atoms with van der Waals surface area (Å²) in [7, 11) is 2.28. The van der Waals surface area contributed by atoms with Crippen LogP contribution in [-0.2, 0) is 0 Å². The Kier molecular flexibility index (Phi) is 4.50. The lowest BCUT2D eigenvalue weighted by Crippen LogP contribution is -2.18. The molecule has 1 aromatic carbocycles. The van der Waals surface area contributed by atoms with Gasteiger partial charge in [-0.05, 0) is 36.0 Å². The molecule has 0 aliphatic carbocycles. The van der Waals surface area contributed by atoms with Crippen LogP contribution in [0.4, 0.5) is 5.69 Å². The number of aromatic nitrogens is 1. The molecule has 111 valence electrons. The first-order valence-electron chi connectivity index (χ1n) is 7.78. The molecule has 0 aliphatic heterocycles. The lowest BCUT2D eigenvalue weighted by molar-refractivity contribution is 0.682. The molecule has 1 heterocycles. The summed E-state index contributed by atoms with van der Waals surface area (Å²) in [4.78, 5) is 3.55. The highest BCUT2D eigenvalue weighted by Gasteiger charge is 2.27. The molecule has 0 saturated carbocycles. The fourth-order valence-electron chi connectivity index (χ4n) is 2.96. The second kappa shape index (κ2) is 6.01. The smallest absolute Gasteiger partial charge is 0.119 e. The number of hydrogen-bond acceptors (Lipinski definition) is 1. The van der Waals surface area contributed by atoms with Gasteiger partial charge in [-0.3, -0.25) is 0 Å². The predicted molar refractivity (Wildman–Crippen MR) is 95.2 cm³/mol. The number of fused-ring (bicyclic) bond motifs is 1. The molecule has 2 rings (SSSR count). The number of nitrogen functional groups attached to an aromatic ring is 1. The molecule has 0 fully saturated rings. The van der Waals surface area contributed by atoms with Gasteiger partial charge >= 0.3 is 0 Å². The van der Waals surface area contributed by atoms with Gasteiger partial charge in [-0.2, -0.15) is 0 Å². The average Bonchev–Trinajstić information content (AvgIpc) is 2.86. The molecular weight excluding hydrogens is 255 g/mol. The second-order valence-corrected chi connectivity index (χ2v) is 6.37. The summed E-state index contributed by atoms with van der Waals surface area (Å²) in [5, 5.41) is 1.29. The Balaban J connectivity index is 2.43. The molecular formula is C18H26BN2. The van der Waals surface area contributed by atoms with Crippen LogP contribution in [0, 0.1) is 0 Å². The minimum atomic E-state index is 0.103. The van der Waals surface area contributed by atoms with Crippen molar-refractivity contribution in [2.45, 2.75) is 52.2 Å². The van der Waals surface area contributed by atoms with Gasteiger partial charge < -0.3 is 10.7 Å². The Bertz CT molecular complexity index is 652. The molecule has 3 N–H and O–H groups in total. The molecule has 21 heavy (non-hydrogen) atoms. The van der Waals surface area contributed by atoms with Crippen molar-refractivity contribution in [1.29, 1.82) is 0 Å². The first kappa shape index (κ1) is 15.7. The molecule has 1 unspecified atom stereocenters. The highest BCUT2D eigenvalue weighted by molar-refractivity contribution is 6.39. The quantitative estimate of drug-likeness (QED) is 0.444. The number of allylic oxidation sites excluding steroid dienone is 2. The highest BCUT2D eigenvalue weighted by atomic mass is 14.7. The van der Waals surface area contributed by atoms with E-state index < -0.39 is 0 Å². The third-order valence-electron chi connectivity index (χ3n) is 4.49. The van der Waals surface area contributed by atoms with Crippen LogP contribution in [0.2, 0.25) is 12.1 Å². The molecule has 0 amide bonds. The Morgan fingerprint density at radius 3 is 2.71 bits per heavy atom.